The maximum atomic E-state index is 12.3. The van der Waals surface area contributed by atoms with E-state index < -0.39 is 0 Å². The number of carbonyl (C=O) groups excluding carboxylic acids is 1. The van der Waals surface area contributed by atoms with Crippen molar-refractivity contribution in [2.45, 2.75) is 33.4 Å². The SMILES string of the molecule is Cc1cc(C)n(CCCNC(=O)c2ccc(COc3c(Cl)c(Cl)c(Cl)c(Cl)c3Cl)o2)n1. The summed E-state index contributed by atoms with van der Waals surface area (Å²) in [6.07, 6.45) is 0.736. The zero-order valence-corrected chi connectivity index (χ0v) is 20.3. The molecular weight excluding hydrogens is 508 g/mol. The summed E-state index contributed by atoms with van der Waals surface area (Å²) in [5.74, 6) is 0.304. The van der Waals surface area contributed by atoms with Gasteiger partial charge in [0.05, 0.1) is 20.8 Å². The number of nitrogens with zero attached hydrogens (tertiary/aromatic N) is 2. The normalized spacial score (nSPS) is 11.1. The highest BCUT2D eigenvalue weighted by Crippen LogP contribution is 2.48. The fourth-order valence-corrected chi connectivity index (χ4v) is 4.08. The molecule has 0 bridgehead atoms. The second-order valence-electron chi connectivity index (χ2n) is 6.71. The van der Waals surface area contributed by atoms with Crippen LogP contribution in [0.1, 0.15) is 34.1 Å². The summed E-state index contributed by atoms with van der Waals surface area (Å²) in [7, 11) is 0. The molecular formula is C20H18Cl5N3O3. The molecule has 0 aliphatic carbocycles. The summed E-state index contributed by atoms with van der Waals surface area (Å²) in [5.41, 5.74) is 2.06. The number of halogens is 5. The molecule has 3 aromatic rings. The number of hydrogen-bond donors (Lipinski definition) is 1. The molecule has 0 radical (unpaired) electrons. The van der Waals surface area contributed by atoms with E-state index in [9.17, 15) is 4.79 Å². The van der Waals surface area contributed by atoms with Crippen LogP contribution in [-0.2, 0) is 13.2 Å². The van der Waals surface area contributed by atoms with Gasteiger partial charge in [0.15, 0.2) is 11.5 Å². The fraction of sp³-hybridized carbons (Fsp3) is 0.300. The van der Waals surface area contributed by atoms with Gasteiger partial charge in [0.1, 0.15) is 22.4 Å². The van der Waals surface area contributed by atoms with E-state index in [2.05, 4.69) is 10.4 Å². The summed E-state index contributed by atoms with van der Waals surface area (Å²) in [5, 5.41) is 7.39. The van der Waals surface area contributed by atoms with Crippen LogP contribution in [0.15, 0.2) is 22.6 Å². The monoisotopic (exact) mass is 523 g/mol. The Balaban J connectivity index is 1.53. The van der Waals surface area contributed by atoms with E-state index in [0.29, 0.717) is 18.8 Å². The molecule has 0 unspecified atom stereocenters. The van der Waals surface area contributed by atoms with Crippen molar-refractivity contribution >= 4 is 63.9 Å². The lowest BCUT2D eigenvalue weighted by Crippen LogP contribution is -2.25. The molecule has 0 aliphatic heterocycles. The largest absolute Gasteiger partial charge is 0.482 e. The Hall–Kier alpha value is -1.57. The first kappa shape index (κ1) is 24.1. The van der Waals surface area contributed by atoms with Crippen molar-refractivity contribution in [2.75, 3.05) is 6.54 Å². The van der Waals surface area contributed by atoms with E-state index in [1.54, 1.807) is 12.1 Å². The number of nitrogens with one attached hydrogen (secondary N) is 1. The third-order valence-corrected chi connectivity index (χ3v) is 6.59. The lowest BCUT2D eigenvalue weighted by molar-refractivity contribution is 0.0920. The Morgan fingerprint density at radius 3 is 2.32 bits per heavy atom. The summed E-state index contributed by atoms with van der Waals surface area (Å²) in [6, 6.07) is 5.18. The van der Waals surface area contributed by atoms with Crippen molar-refractivity contribution in [3.05, 3.63) is 66.2 Å². The molecule has 3 rings (SSSR count). The molecule has 0 saturated carbocycles. The Morgan fingerprint density at radius 1 is 1.06 bits per heavy atom. The highest BCUT2D eigenvalue weighted by atomic mass is 35.5. The lowest BCUT2D eigenvalue weighted by Gasteiger charge is -2.12. The number of aryl methyl sites for hydroxylation is 3. The van der Waals surface area contributed by atoms with Gasteiger partial charge in [-0.1, -0.05) is 58.0 Å². The van der Waals surface area contributed by atoms with Gasteiger partial charge in [0.25, 0.3) is 5.91 Å². The number of aromatic nitrogens is 2. The van der Waals surface area contributed by atoms with E-state index in [1.807, 2.05) is 24.6 Å². The second kappa shape index (κ2) is 10.4. The third kappa shape index (κ3) is 5.62. The smallest absolute Gasteiger partial charge is 0.286 e. The van der Waals surface area contributed by atoms with Crippen molar-refractivity contribution in [3.63, 3.8) is 0 Å². The molecule has 0 aliphatic rings. The maximum Gasteiger partial charge on any atom is 0.286 e. The van der Waals surface area contributed by atoms with Crippen LogP contribution in [0, 0.1) is 13.8 Å². The van der Waals surface area contributed by atoms with Crippen LogP contribution in [0.4, 0.5) is 0 Å². The van der Waals surface area contributed by atoms with E-state index in [1.165, 1.54) is 0 Å². The first-order chi connectivity index (χ1) is 14.7. The van der Waals surface area contributed by atoms with Gasteiger partial charge in [0, 0.05) is 18.8 Å². The molecule has 2 heterocycles. The van der Waals surface area contributed by atoms with E-state index >= 15 is 0 Å². The minimum Gasteiger partial charge on any atom is -0.482 e. The molecule has 1 aromatic carbocycles. The highest BCUT2D eigenvalue weighted by Gasteiger charge is 2.21. The van der Waals surface area contributed by atoms with Gasteiger partial charge < -0.3 is 14.5 Å². The van der Waals surface area contributed by atoms with Gasteiger partial charge in [-0.25, -0.2) is 0 Å². The molecule has 6 nitrogen and oxygen atoms in total. The molecule has 11 heteroatoms. The minimum atomic E-state index is -0.326. The maximum absolute atomic E-state index is 12.3. The van der Waals surface area contributed by atoms with Crippen molar-refractivity contribution in [2.24, 2.45) is 0 Å². The highest BCUT2D eigenvalue weighted by molar-refractivity contribution is 6.55. The number of benzene rings is 1. The van der Waals surface area contributed by atoms with Crippen LogP contribution >= 0.6 is 58.0 Å². The van der Waals surface area contributed by atoms with Gasteiger partial charge in [0.2, 0.25) is 0 Å². The topological polar surface area (TPSA) is 69.3 Å². The molecule has 1 N–H and O–H groups in total. The quantitative estimate of drug-likeness (QED) is 0.200. The minimum absolute atomic E-state index is 0.0349. The zero-order chi connectivity index (χ0) is 22.7. The molecule has 1 amide bonds. The van der Waals surface area contributed by atoms with Crippen molar-refractivity contribution < 1.29 is 13.9 Å². The van der Waals surface area contributed by atoms with E-state index in [-0.39, 0.29) is 49.1 Å². The van der Waals surface area contributed by atoms with Crippen LogP contribution in [0.25, 0.3) is 0 Å². The van der Waals surface area contributed by atoms with Crippen LogP contribution in [0.2, 0.25) is 25.1 Å². The molecule has 31 heavy (non-hydrogen) atoms. The first-order valence-corrected chi connectivity index (χ1v) is 11.1. The fourth-order valence-electron chi connectivity index (χ4n) is 2.85. The number of hydrogen-bond acceptors (Lipinski definition) is 4. The summed E-state index contributed by atoms with van der Waals surface area (Å²) in [4.78, 5) is 12.3. The van der Waals surface area contributed by atoms with Gasteiger partial charge in [-0.2, -0.15) is 5.10 Å². The molecule has 0 spiro atoms. The predicted octanol–water partition coefficient (Wildman–Crippen LogP) is 6.76. The standard InChI is InChI=1S/C20H18Cl5N3O3/c1-10-8-11(2)28(27-10)7-3-6-26-20(29)13-5-4-12(31-13)9-30-19-17(24)15(22)14(21)16(23)18(19)25/h4-5,8H,3,6-7,9H2,1-2H3,(H,26,29). The summed E-state index contributed by atoms with van der Waals surface area (Å²) >= 11 is 30.3. The van der Waals surface area contributed by atoms with Gasteiger partial charge in [-0.05, 0) is 38.5 Å². The molecule has 2 aromatic heterocycles. The molecule has 0 fully saturated rings. The van der Waals surface area contributed by atoms with Gasteiger partial charge in [-0.15, -0.1) is 0 Å². The molecule has 166 valence electrons. The lowest BCUT2D eigenvalue weighted by atomic mass is 10.3. The zero-order valence-electron chi connectivity index (χ0n) is 16.6. The summed E-state index contributed by atoms with van der Waals surface area (Å²) in [6.45, 7) is 5.10. The predicted molar refractivity (Wildman–Crippen MR) is 123 cm³/mol. The van der Waals surface area contributed by atoms with Crippen LogP contribution in [-0.4, -0.2) is 22.2 Å². The Morgan fingerprint density at radius 2 is 1.71 bits per heavy atom. The van der Waals surface area contributed by atoms with Crippen molar-refractivity contribution in [1.29, 1.82) is 0 Å². The average Bonchev–Trinajstić information content (AvgIpc) is 3.34. The molecule has 0 atom stereocenters. The summed E-state index contributed by atoms with van der Waals surface area (Å²) < 4.78 is 13.0. The van der Waals surface area contributed by atoms with Crippen LogP contribution in [0.5, 0.6) is 5.75 Å². The number of furan rings is 1. The Labute approximate surface area is 204 Å². The number of carbonyl (C=O) groups is 1. The van der Waals surface area contributed by atoms with Crippen molar-refractivity contribution in [3.8, 4) is 5.75 Å². The third-order valence-electron chi connectivity index (χ3n) is 4.35. The van der Waals surface area contributed by atoms with Gasteiger partial charge >= 0.3 is 0 Å². The average molecular weight is 526 g/mol. The number of rotatable bonds is 8. The first-order valence-electron chi connectivity index (χ1n) is 9.21. The number of amides is 1. The van der Waals surface area contributed by atoms with E-state index in [4.69, 9.17) is 67.2 Å². The van der Waals surface area contributed by atoms with Crippen LogP contribution in [0.3, 0.4) is 0 Å². The van der Waals surface area contributed by atoms with Gasteiger partial charge in [-0.3, -0.25) is 9.48 Å². The Bertz CT molecular complexity index is 1080. The Kier molecular flexibility index (Phi) is 8.05. The molecule has 0 saturated heterocycles. The van der Waals surface area contributed by atoms with E-state index in [0.717, 1.165) is 17.8 Å². The van der Waals surface area contributed by atoms with Crippen molar-refractivity contribution in [1.82, 2.24) is 15.1 Å². The number of ether oxygens (including phenoxy) is 1. The van der Waals surface area contributed by atoms with Crippen LogP contribution < -0.4 is 10.1 Å². The second-order valence-corrected chi connectivity index (χ2v) is 8.60.